The summed E-state index contributed by atoms with van der Waals surface area (Å²) in [6.45, 7) is 3.74. The van der Waals surface area contributed by atoms with Crippen molar-refractivity contribution < 1.29 is 9.90 Å². The van der Waals surface area contributed by atoms with Gasteiger partial charge in [0.15, 0.2) is 0 Å². The van der Waals surface area contributed by atoms with Gasteiger partial charge >= 0.3 is 5.69 Å². The Hall–Kier alpha value is -2.57. The van der Waals surface area contributed by atoms with Crippen molar-refractivity contribution in [2.75, 3.05) is 13.1 Å². The highest BCUT2D eigenvalue weighted by molar-refractivity contribution is 5.94. The van der Waals surface area contributed by atoms with E-state index in [2.05, 4.69) is 5.10 Å². The van der Waals surface area contributed by atoms with Crippen molar-refractivity contribution in [2.45, 2.75) is 32.2 Å². The fourth-order valence-electron chi connectivity index (χ4n) is 3.28. The molecule has 1 fully saturated rings. The van der Waals surface area contributed by atoms with Gasteiger partial charge in [0.05, 0.1) is 0 Å². The first-order valence-corrected chi connectivity index (χ1v) is 8.23. The maximum Gasteiger partial charge on any atom is 0.345 e. The first-order valence-electron chi connectivity index (χ1n) is 8.23. The molecule has 1 aromatic heterocycles. The first kappa shape index (κ1) is 16.3. The molecule has 1 saturated heterocycles. The van der Waals surface area contributed by atoms with Crippen molar-refractivity contribution in [3.05, 3.63) is 46.1 Å². The number of phenolic OH excluding ortho intramolecular Hbond substituents is 1. The molecule has 1 atom stereocenters. The molecule has 1 aliphatic heterocycles. The minimum atomic E-state index is -0.116. The molecule has 7 heteroatoms. The van der Waals surface area contributed by atoms with Crippen LogP contribution in [0.3, 0.4) is 0 Å². The molecular formula is C17H22N4O3. The Morgan fingerprint density at radius 2 is 2.04 bits per heavy atom. The van der Waals surface area contributed by atoms with Crippen LogP contribution in [0, 0.1) is 0 Å². The van der Waals surface area contributed by atoms with Gasteiger partial charge in [-0.05, 0) is 44.0 Å². The standard InChI is InChI=1S/C17H22N4O3/c1-3-21-15(18-19(2)17(21)24)13-5-4-10-20(11-13)16(23)12-6-8-14(22)9-7-12/h6-9,13,22H,3-5,10-11H2,1-2H3. The molecule has 0 bridgehead atoms. The molecule has 1 aromatic carbocycles. The van der Waals surface area contributed by atoms with Gasteiger partial charge in [-0.25, -0.2) is 9.48 Å². The highest BCUT2D eigenvalue weighted by Crippen LogP contribution is 2.26. The van der Waals surface area contributed by atoms with Crippen molar-refractivity contribution in [1.29, 1.82) is 0 Å². The number of rotatable bonds is 3. The molecule has 0 saturated carbocycles. The molecule has 24 heavy (non-hydrogen) atoms. The van der Waals surface area contributed by atoms with Gasteiger partial charge in [0.1, 0.15) is 11.6 Å². The second kappa shape index (κ2) is 6.51. The fourth-order valence-corrected chi connectivity index (χ4v) is 3.28. The smallest absolute Gasteiger partial charge is 0.345 e. The number of carbonyl (C=O) groups is 1. The lowest BCUT2D eigenvalue weighted by atomic mass is 9.96. The molecule has 0 aliphatic carbocycles. The molecular weight excluding hydrogens is 308 g/mol. The van der Waals surface area contributed by atoms with Crippen LogP contribution in [-0.4, -0.2) is 43.4 Å². The number of hydrogen-bond donors (Lipinski definition) is 1. The summed E-state index contributed by atoms with van der Waals surface area (Å²) in [5.74, 6) is 0.909. The SMILES string of the molecule is CCn1c(C2CCCN(C(=O)c3ccc(O)cc3)C2)nn(C)c1=O. The van der Waals surface area contributed by atoms with Crippen molar-refractivity contribution in [1.82, 2.24) is 19.2 Å². The minimum absolute atomic E-state index is 0.0546. The van der Waals surface area contributed by atoms with Gasteiger partial charge in [-0.3, -0.25) is 9.36 Å². The molecule has 1 unspecified atom stereocenters. The number of phenols is 1. The molecule has 0 radical (unpaired) electrons. The average Bonchev–Trinajstić information content (AvgIpc) is 2.89. The van der Waals surface area contributed by atoms with Gasteiger partial charge in [-0.15, -0.1) is 0 Å². The second-order valence-corrected chi connectivity index (χ2v) is 6.15. The summed E-state index contributed by atoms with van der Waals surface area (Å²) in [6, 6.07) is 6.29. The topological polar surface area (TPSA) is 80.4 Å². The maximum absolute atomic E-state index is 12.7. The van der Waals surface area contributed by atoms with Crippen molar-refractivity contribution >= 4 is 5.91 Å². The van der Waals surface area contributed by atoms with Crippen LogP contribution in [0.5, 0.6) is 5.75 Å². The molecule has 2 aromatic rings. The number of carbonyl (C=O) groups excluding carboxylic acids is 1. The first-order chi connectivity index (χ1) is 11.5. The van der Waals surface area contributed by atoms with Crippen LogP contribution in [0.1, 0.15) is 41.9 Å². The molecule has 128 valence electrons. The summed E-state index contributed by atoms with van der Waals surface area (Å²) in [5, 5.41) is 13.7. The molecule has 0 spiro atoms. The van der Waals surface area contributed by atoms with Crippen LogP contribution in [0.25, 0.3) is 0 Å². The predicted molar refractivity (Wildman–Crippen MR) is 89.1 cm³/mol. The number of aryl methyl sites for hydroxylation is 1. The highest BCUT2D eigenvalue weighted by atomic mass is 16.3. The number of benzene rings is 1. The van der Waals surface area contributed by atoms with Gasteiger partial charge in [0.25, 0.3) is 5.91 Å². The third kappa shape index (κ3) is 2.93. The lowest BCUT2D eigenvalue weighted by Gasteiger charge is -2.32. The maximum atomic E-state index is 12.7. The Balaban J connectivity index is 1.82. The molecule has 1 aliphatic rings. The number of nitrogens with zero attached hydrogens (tertiary/aromatic N) is 4. The van der Waals surface area contributed by atoms with E-state index >= 15 is 0 Å². The molecule has 1 N–H and O–H groups in total. The van der Waals surface area contributed by atoms with E-state index in [4.69, 9.17) is 0 Å². The summed E-state index contributed by atoms with van der Waals surface area (Å²) in [6.07, 6.45) is 1.79. The van der Waals surface area contributed by atoms with E-state index in [0.717, 1.165) is 18.7 Å². The van der Waals surface area contributed by atoms with E-state index in [-0.39, 0.29) is 23.3 Å². The van der Waals surface area contributed by atoms with E-state index in [0.29, 0.717) is 25.2 Å². The number of piperidine rings is 1. The number of hydrogen-bond acceptors (Lipinski definition) is 4. The Morgan fingerprint density at radius 3 is 2.71 bits per heavy atom. The highest BCUT2D eigenvalue weighted by Gasteiger charge is 2.29. The van der Waals surface area contributed by atoms with E-state index in [1.807, 2.05) is 6.92 Å². The normalized spacial score (nSPS) is 17.9. The molecule has 7 nitrogen and oxygen atoms in total. The van der Waals surface area contributed by atoms with Crippen LogP contribution in [-0.2, 0) is 13.6 Å². The minimum Gasteiger partial charge on any atom is -0.508 e. The molecule has 1 amide bonds. The third-order valence-electron chi connectivity index (χ3n) is 4.54. The van der Waals surface area contributed by atoms with Gasteiger partial charge in [-0.1, -0.05) is 0 Å². The molecule has 2 heterocycles. The van der Waals surface area contributed by atoms with Gasteiger partial charge in [0.2, 0.25) is 0 Å². The van der Waals surface area contributed by atoms with Crippen molar-refractivity contribution in [3.8, 4) is 5.75 Å². The third-order valence-corrected chi connectivity index (χ3v) is 4.54. The Bertz CT molecular complexity index is 791. The van der Waals surface area contributed by atoms with Crippen LogP contribution in [0.15, 0.2) is 29.1 Å². The van der Waals surface area contributed by atoms with Gasteiger partial charge in [-0.2, -0.15) is 5.10 Å². The van der Waals surface area contributed by atoms with Crippen LogP contribution in [0.2, 0.25) is 0 Å². The van der Waals surface area contributed by atoms with Crippen molar-refractivity contribution in [2.24, 2.45) is 7.05 Å². The zero-order valence-corrected chi connectivity index (χ0v) is 14.0. The van der Waals surface area contributed by atoms with E-state index in [9.17, 15) is 14.7 Å². The Morgan fingerprint density at radius 1 is 1.33 bits per heavy atom. The quantitative estimate of drug-likeness (QED) is 0.920. The van der Waals surface area contributed by atoms with Crippen LogP contribution < -0.4 is 5.69 Å². The summed E-state index contributed by atoms with van der Waals surface area (Å²) in [5.41, 5.74) is 0.442. The van der Waals surface area contributed by atoms with Crippen LogP contribution in [0.4, 0.5) is 0 Å². The lowest BCUT2D eigenvalue weighted by molar-refractivity contribution is 0.0703. The van der Waals surface area contributed by atoms with E-state index < -0.39 is 0 Å². The summed E-state index contributed by atoms with van der Waals surface area (Å²) in [7, 11) is 1.65. The van der Waals surface area contributed by atoms with Crippen molar-refractivity contribution in [3.63, 3.8) is 0 Å². The fraction of sp³-hybridized carbons (Fsp3) is 0.471. The summed E-state index contributed by atoms with van der Waals surface area (Å²) >= 11 is 0. The zero-order chi connectivity index (χ0) is 17.3. The Kier molecular flexibility index (Phi) is 4.42. The largest absolute Gasteiger partial charge is 0.508 e. The monoisotopic (exact) mass is 330 g/mol. The Labute approximate surface area is 140 Å². The number of aromatic hydroxyl groups is 1. The second-order valence-electron chi connectivity index (χ2n) is 6.15. The average molecular weight is 330 g/mol. The summed E-state index contributed by atoms with van der Waals surface area (Å²) in [4.78, 5) is 26.6. The number of likely N-dealkylation sites (tertiary alicyclic amines) is 1. The van der Waals surface area contributed by atoms with Crippen LogP contribution >= 0.6 is 0 Å². The van der Waals surface area contributed by atoms with E-state index in [1.54, 1.807) is 28.6 Å². The van der Waals surface area contributed by atoms with Gasteiger partial charge in [0, 0.05) is 38.2 Å². The number of amides is 1. The lowest BCUT2D eigenvalue weighted by Crippen LogP contribution is -2.40. The van der Waals surface area contributed by atoms with Gasteiger partial charge < -0.3 is 10.0 Å². The number of aromatic nitrogens is 3. The molecule has 3 rings (SSSR count). The van der Waals surface area contributed by atoms with E-state index in [1.165, 1.54) is 16.8 Å². The zero-order valence-electron chi connectivity index (χ0n) is 14.0. The predicted octanol–water partition coefficient (Wildman–Crippen LogP) is 1.33. The summed E-state index contributed by atoms with van der Waals surface area (Å²) < 4.78 is 3.04.